The fourth-order valence-corrected chi connectivity index (χ4v) is 2.12. The number of fused-ring (bicyclic) bond motifs is 1. The Hall–Kier alpha value is -1.62. The van der Waals surface area contributed by atoms with Crippen molar-refractivity contribution in [3.63, 3.8) is 0 Å². The summed E-state index contributed by atoms with van der Waals surface area (Å²) in [7, 11) is 1.50. The van der Waals surface area contributed by atoms with Crippen LogP contribution in [0.3, 0.4) is 0 Å². The Labute approximate surface area is 109 Å². The number of halogens is 1. The second-order valence-electron chi connectivity index (χ2n) is 3.79. The van der Waals surface area contributed by atoms with E-state index < -0.39 is 5.97 Å². The SMILES string of the molecule is COc1cc2c(c(CCC(=O)O)c1Cl)OCCO2. The standard InChI is InChI=1S/C12H13ClO5/c1-16-8-6-9-12(18-5-4-17-9)7(11(8)13)2-3-10(14)15/h6H,2-5H2,1H3,(H,14,15). The third-order valence-corrected chi connectivity index (χ3v) is 3.05. The summed E-state index contributed by atoms with van der Waals surface area (Å²) in [5.41, 5.74) is 0.619. The molecule has 0 aliphatic carbocycles. The van der Waals surface area contributed by atoms with Gasteiger partial charge in [-0.05, 0) is 6.42 Å². The van der Waals surface area contributed by atoms with Gasteiger partial charge in [0.1, 0.15) is 19.0 Å². The third-order valence-electron chi connectivity index (χ3n) is 2.64. The van der Waals surface area contributed by atoms with Crippen molar-refractivity contribution in [2.24, 2.45) is 0 Å². The minimum absolute atomic E-state index is 0.0251. The smallest absolute Gasteiger partial charge is 0.303 e. The van der Waals surface area contributed by atoms with Gasteiger partial charge in [0.15, 0.2) is 11.5 Å². The average Bonchev–Trinajstić information content (AvgIpc) is 2.36. The Balaban J connectivity index is 2.42. The molecule has 1 aliphatic rings. The summed E-state index contributed by atoms with van der Waals surface area (Å²) >= 11 is 6.18. The van der Waals surface area contributed by atoms with Crippen molar-refractivity contribution in [3.05, 3.63) is 16.7 Å². The monoisotopic (exact) mass is 272 g/mol. The van der Waals surface area contributed by atoms with Gasteiger partial charge >= 0.3 is 5.97 Å². The predicted octanol–water partition coefficient (Wildman–Crippen LogP) is 2.14. The van der Waals surface area contributed by atoms with Crippen molar-refractivity contribution in [3.8, 4) is 17.2 Å². The lowest BCUT2D eigenvalue weighted by Gasteiger charge is -2.23. The predicted molar refractivity (Wildman–Crippen MR) is 65.0 cm³/mol. The second kappa shape index (κ2) is 5.35. The summed E-state index contributed by atoms with van der Waals surface area (Å²) < 4.78 is 16.1. The lowest BCUT2D eigenvalue weighted by molar-refractivity contribution is -0.136. The average molecular weight is 273 g/mol. The lowest BCUT2D eigenvalue weighted by atomic mass is 10.1. The zero-order chi connectivity index (χ0) is 13.1. The highest BCUT2D eigenvalue weighted by atomic mass is 35.5. The molecule has 5 nitrogen and oxygen atoms in total. The van der Waals surface area contributed by atoms with Gasteiger partial charge < -0.3 is 19.3 Å². The molecule has 0 fully saturated rings. The first-order valence-electron chi connectivity index (χ1n) is 5.50. The Kier molecular flexibility index (Phi) is 3.81. The topological polar surface area (TPSA) is 65.0 Å². The second-order valence-corrected chi connectivity index (χ2v) is 4.17. The van der Waals surface area contributed by atoms with E-state index in [0.717, 1.165) is 0 Å². The Bertz CT molecular complexity index is 472. The van der Waals surface area contributed by atoms with Crippen LogP contribution in [0, 0.1) is 0 Å². The molecule has 1 aliphatic heterocycles. The van der Waals surface area contributed by atoms with Gasteiger partial charge in [0.25, 0.3) is 0 Å². The number of rotatable bonds is 4. The van der Waals surface area contributed by atoms with Gasteiger partial charge in [0.2, 0.25) is 0 Å². The van der Waals surface area contributed by atoms with Gasteiger partial charge in [-0.1, -0.05) is 11.6 Å². The van der Waals surface area contributed by atoms with Crippen LogP contribution in [0.4, 0.5) is 0 Å². The van der Waals surface area contributed by atoms with E-state index in [1.807, 2.05) is 0 Å². The summed E-state index contributed by atoms with van der Waals surface area (Å²) in [6.45, 7) is 0.881. The molecule has 98 valence electrons. The molecule has 0 amide bonds. The number of carboxylic acid groups (broad SMARTS) is 1. The van der Waals surface area contributed by atoms with Gasteiger partial charge in [-0.2, -0.15) is 0 Å². The molecule has 0 unspecified atom stereocenters. The molecule has 0 radical (unpaired) electrons. The maximum atomic E-state index is 10.7. The van der Waals surface area contributed by atoms with Gasteiger partial charge in [-0.25, -0.2) is 0 Å². The number of carboxylic acids is 1. The molecule has 0 aromatic heterocycles. The van der Waals surface area contributed by atoms with Crippen molar-refractivity contribution in [2.75, 3.05) is 20.3 Å². The fraction of sp³-hybridized carbons (Fsp3) is 0.417. The Morgan fingerprint density at radius 2 is 2.22 bits per heavy atom. The highest BCUT2D eigenvalue weighted by molar-refractivity contribution is 6.33. The zero-order valence-electron chi connectivity index (χ0n) is 9.86. The number of hydrogen-bond donors (Lipinski definition) is 1. The Morgan fingerprint density at radius 1 is 1.50 bits per heavy atom. The summed E-state index contributed by atoms with van der Waals surface area (Å²) in [6, 6.07) is 1.65. The molecule has 18 heavy (non-hydrogen) atoms. The van der Waals surface area contributed by atoms with Crippen molar-refractivity contribution >= 4 is 17.6 Å². The summed E-state index contributed by atoms with van der Waals surface area (Å²) in [4.78, 5) is 10.7. The van der Waals surface area contributed by atoms with E-state index in [4.69, 9.17) is 30.9 Å². The van der Waals surface area contributed by atoms with Crippen LogP contribution in [0.2, 0.25) is 5.02 Å². The van der Waals surface area contributed by atoms with Crippen LogP contribution in [0.5, 0.6) is 17.2 Å². The minimum Gasteiger partial charge on any atom is -0.495 e. The van der Waals surface area contributed by atoms with Gasteiger partial charge in [-0.3, -0.25) is 4.79 Å². The number of carbonyl (C=O) groups is 1. The largest absolute Gasteiger partial charge is 0.495 e. The van der Waals surface area contributed by atoms with E-state index in [2.05, 4.69) is 0 Å². The van der Waals surface area contributed by atoms with Crippen LogP contribution >= 0.6 is 11.6 Å². The maximum Gasteiger partial charge on any atom is 0.303 e. The van der Waals surface area contributed by atoms with Crippen molar-refractivity contribution < 1.29 is 24.1 Å². The van der Waals surface area contributed by atoms with E-state index in [9.17, 15) is 4.79 Å². The van der Waals surface area contributed by atoms with Crippen LogP contribution in [0.25, 0.3) is 0 Å². The van der Waals surface area contributed by atoms with Gasteiger partial charge in [-0.15, -0.1) is 0 Å². The first-order chi connectivity index (χ1) is 8.63. The van der Waals surface area contributed by atoms with Crippen molar-refractivity contribution in [1.29, 1.82) is 0 Å². The normalized spacial score (nSPS) is 13.2. The summed E-state index contributed by atoms with van der Waals surface area (Å²) in [5.74, 6) is 0.636. The molecule has 0 bridgehead atoms. The van der Waals surface area contributed by atoms with E-state index in [1.165, 1.54) is 7.11 Å². The molecule has 0 saturated carbocycles. The molecular formula is C12H13ClO5. The van der Waals surface area contributed by atoms with E-state index in [1.54, 1.807) is 6.07 Å². The summed E-state index contributed by atoms with van der Waals surface area (Å²) in [5, 5.41) is 9.13. The molecule has 0 atom stereocenters. The van der Waals surface area contributed by atoms with Gasteiger partial charge in [0, 0.05) is 18.1 Å². The number of aliphatic carboxylic acids is 1. The molecule has 1 aromatic rings. The van der Waals surface area contributed by atoms with Gasteiger partial charge in [0.05, 0.1) is 12.1 Å². The number of benzene rings is 1. The minimum atomic E-state index is -0.889. The molecule has 1 aromatic carbocycles. The molecule has 0 saturated heterocycles. The molecule has 6 heteroatoms. The van der Waals surface area contributed by atoms with Crippen molar-refractivity contribution in [1.82, 2.24) is 0 Å². The van der Waals surface area contributed by atoms with E-state index in [-0.39, 0.29) is 12.8 Å². The fourth-order valence-electron chi connectivity index (χ4n) is 1.81. The highest BCUT2D eigenvalue weighted by Crippen LogP contribution is 2.44. The Morgan fingerprint density at radius 3 is 2.89 bits per heavy atom. The van der Waals surface area contributed by atoms with E-state index >= 15 is 0 Å². The number of ether oxygens (including phenoxy) is 3. The summed E-state index contributed by atoms with van der Waals surface area (Å²) in [6.07, 6.45) is 0.250. The molecule has 2 rings (SSSR count). The zero-order valence-corrected chi connectivity index (χ0v) is 10.6. The highest BCUT2D eigenvalue weighted by Gasteiger charge is 2.23. The molecule has 1 N–H and O–H groups in total. The third kappa shape index (κ3) is 2.46. The van der Waals surface area contributed by atoms with Crippen LogP contribution in [0.15, 0.2) is 6.07 Å². The van der Waals surface area contributed by atoms with Crippen LogP contribution in [0.1, 0.15) is 12.0 Å². The van der Waals surface area contributed by atoms with Crippen molar-refractivity contribution in [2.45, 2.75) is 12.8 Å². The van der Waals surface area contributed by atoms with Crippen LogP contribution in [-0.4, -0.2) is 31.4 Å². The molecular weight excluding hydrogens is 260 g/mol. The number of hydrogen-bond acceptors (Lipinski definition) is 4. The first kappa shape index (κ1) is 12.8. The van der Waals surface area contributed by atoms with E-state index in [0.29, 0.717) is 41.0 Å². The molecule has 1 heterocycles. The molecule has 0 spiro atoms. The maximum absolute atomic E-state index is 10.7. The quantitative estimate of drug-likeness (QED) is 0.910. The first-order valence-corrected chi connectivity index (χ1v) is 5.88. The van der Waals surface area contributed by atoms with Crippen LogP contribution < -0.4 is 14.2 Å². The number of methoxy groups -OCH3 is 1. The van der Waals surface area contributed by atoms with Crippen LogP contribution in [-0.2, 0) is 11.2 Å². The lowest BCUT2D eigenvalue weighted by Crippen LogP contribution is -2.17.